The predicted molar refractivity (Wildman–Crippen MR) is 85.4 cm³/mol. The lowest BCUT2D eigenvalue weighted by Gasteiger charge is -2.17. The van der Waals surface area contributed by atoms with Crippen molar-refractivity contribution in [3.05, 3.63) is 34.8 Å². The summed E-state index contributed by atoms with van der Waals surface area (Å²) < 4.78 is 5.65. The maximum absolute atomic E-state index is 5.93. The largest absolute Gasteiger partial charge is 0.491 e. The molecule has 0 spiro atoms. The van der Waals surface area contributed by atoms with Crippen LogP contribution in [0, 0.1) is 0 Å². The fraction of sp³-hybridized carbons (Fsp3) is 0.400. The first kappa shape index (κ1) is 14.7. The van der Waals surface area contributed by atoms with Gasteiger partial charge in [0, 0.05) is 23.3 Å². The lowest BCUT2D eigenvalue weighted by molar-refractivity contribution is 0.319. The molecule has 20 heavy (non-hydrogen) atoms. The second-order valence-corrected chi connectivity index (χ2v) is 5.50. The Labute approximate surface area is 124 Å². The Hall–Kier alpha value is -1.75. The third kappa shape index (κ3) is 3.63. The molecule has 1 aromatic heterocycles. The number of rotatable bonds is 7. The summed E-state index contributed by atoms with van der Waals surface area (Å²) in [7, 11) is 0. The molecule has 1 aromatic carbocycles. The summed E-state index contributed by atoms with van der Waals surface area (Å²) in [6.07, 6.45) is 3.78. The highest BCUT2D eigenvalue weighted by atomic mass is 32.1. The molecule has 108 valence electrons. The number of anilines is 2. The normalized spacial score (nSPS) is 12.1. The van der Waals surface area contributed by atoms with Gasteiger partial charge in [0.15, 0.2) is 0 Å². The minimum Gasteiger partial charge on any atom is -0.491 e. The number of nitrogens with zero attached hydrogens (tertiary/aromatic N) is 1. The lowest BCUT2D eigenvalue weighted by Crippen LogP contribution is -2.09. The molecule has 0 bridgehead atoms. The molecule has 0 amide bonds. The predicted octanol–water partition coefficient (Wildman–Crippen LogP) is 4.08. The first-order valence-electron chi connectivity index (χ1n) is 6.92. The number of thiazole rings is 1. The maximum atomic E-state index is 5.93. The van der Waals surface area contributed by atoms with E-state index in [1.54, 1.807) is 11.3 Å². The van der Waals surface area contributed by atoms with Gasteiger partial charge in [0.25, 0.3) is 0 Å². The van der Waals surface area contributed by atoms with Crippen LogP contribution in [-0.2, 0) is 0 Å². The smallest absolute Gasteiger partial charge is 0.144 e. The van der Waals surface area contributed by atoms with Gasteiger partial charge in [0.2, 0.25) is 0 Å². The van der Waals surface area contributed by atoms with Crippen LogP contribution in [0.1, 0.15) is 37.7 Å². The number of nitrogen functional groups attached to an aromatic ring is 1. The summed E-state index contributed by atoms with van der Waals surface area (Å²) in [6, 6.07) is 6.03. The van der Waals surface area contributed by atoms with Crippen LogP contribution in [0.3, 0.4) is 0 Å². The van der Waals surface area contributed by atoms with E-state index >= 15 is 0 Å². The molecule has 2 aromatic rings. The topological polar surface area (TPSA) is 60.2 Å². The average Bonchev–Trinajstić information content (AvgIpc) is 2.99. The summed E-state index contributed by atoms with van der Waals surface area (Å²) in [4.78, 5) is 4.37. The van der Waals surface area contributed by atoms with Crippen molar-refractivity contribution in [1.82, 2.24) is 4.98 Å². The second kappa shape index (κ2) is 7.14. The van der Waals surface area contributed by atoms with Gasteiger partial charge in [0.05, 0.1) is 18.3 Å². The molecule has 4 nitrogen and oxygen atoms in total. The summed E-state index contributed by atoms with van der Waals surface area (Å²) in [6.45, 7) is 4.90. The number of hydrogen-bond donors (Lipinski definition) is 2. The zero-order valence-corrected chi connectivity index (χ0v) is 12.7. The fourth-order valence-electron chi connectivity index (χ4n) is 1.91. The molecule has 0 saturated heterocycles. The summed E-state index contributed by atoms with van der Waals surface area (Å²) in [5.74, 6) is 0.742. The number of nitrogens with one attached hydrogen (secondary N) is 1. The van der Waals surface area contributed by atoms with Crippen molar-refractivity contribution >= 4 is 22.7 Å². The minimum absolute atomic E-state index is 0.220. The van der Waals surface area contributed by atoms with E-state index in [-0.39, 0.29) is 6.04 Å². The summed E-state index contributed by atoms with van der Waals surface area (Å²) in [5.41, 5.74) is 7.60. The van der Waals surface area contributed by atoms with Crippen molar-refractivity contribution in [3.63, 3.8) is 0 Å². The molecule has 2 rings (SSSR count). The van der Waals surface area contributed by atoms with Crippen LogP contribution in [0.5, 0.6) is 5.75 Å². The Balaban J connectivity index is 2.12. The Kier molecular flexibility index (Phi) is 5.24. The van der Waals surface area contributed by atoms with Crippen molar-refractivity contribution in [2.45, 2.75) is 32.7 Å². The first-order valence-corrected chi connectivity index (χ1v) is 7.80. The zero-order chi connectivity index (χ0) is 14.4. The SMILES string of the molecule is CCCOc1cc(NC(CC)c2nccs2)ccc1N. The molecule has 1 atom stereocenters. The van der Waals surface area contributed by atoms with E-state index < -0.39 is 0 Å². The van der Waals surface area contributed by atoms with E-state index in [0.717, 1.165) is 29.3 Å². The molecule has 3 N–H and O–H groups in total. The number of aromatic nitrogens is 1. The van der Waals surface area contributed by atoms with E-state index in [1.165, 1.54) is 0 Å². The Bertz CT molecular complexity index is 528. The van der Waals surface area contributed by atoms with Gasteiger partial charge in [0.1, 0.15) is 10.8 Å². The maximum Gasteiger partial charge on any atom is 0.144 e. The van der Waals surface area contributed by atoms with Gasteiger partial charge in [-0.1, -0.05) is 13.8 Å². The number of benzene rings is 1. The minimum atomic E-state index is 0.220. The van der Waals surface area contributed by atoms with Crippen molar-refractivity contribution in [2.24, 2.45) is 0 Å². The molecule has 0 aliphatic carbocycles. The second-order valence-electron chi connectivity index (χ2n) is 4.58. The quantitative estimate of drug-likeness (QED) is 0.755. The Morgan fingerprint density at radius 1 is 1.40 bits per heavy atom. The fourth-order valence-corrected chi connectivity index (χ4v) is 2.68. The van der Waals surface area contributed by atoms with Gasteiger partial charge in [-0.3, -0.25) is 0 Å². The monoisotopic (exact) mass is 291 g/mol. The Morgan fingerprint density at radius 2 is 2.25 bits per heavy atom. The lowest BCUT2D eigenvalue weighted by atomic mass is 10.2. The molecule has 0 radical (unpaired) electrons. The van der Waals surface area contributed by atoms with Gasteiger partial charge in [-0.05, 0) is 25.0 Å². The zero-order valence-electron chi connectivity index (χ0n) is 11.9. The molecule has 1 unspecified atom stereocenters. The van der Waals surface area contributed by atoms with Crippen LogP contribution in [0.4, 0.5) is 11.4 Å². The summed E-state index contributed by atoms with van der Waals surface area (Å²) in [5, 5.41) is 6.58. The van der Waals surface area contributed by atoms with Gasteiger partial charge >= 0.3 is 0 Å². The molecule has 0 aliphatic rings. The van der Waals surface area contributed by atoms with Crippen molar-refractivity contribution in [1.29, 1.82) is 0 Å². The van der Waals surface area contributed by atoms with Crippen LogP contribution >= 0.6 is 11.3 Å². The van der Waals surface area contributed by atoms with Crippen LogP contribution < -0.4 is 15.8 Å². The van der Waals surface area contributed by atoms with Gasteiger partial charge in [-0.2, -0.15) is 0 Å². The van der Waals surface area contributed by atoms with Gasteiger partial charge in [-0.15, -0.1) is 11.3 Å². The first-order chi connectivity index (χ1) is 9.74. The van der Waals surface area contributed by atoms with E-state index in [1.807, 2.05) is 29.8 Å². The standard InChI is InChI=1S/C15H21N3OS/c1-3-8-19-14-10-11(5-6-12(14)16)18-13(4-2)15-17-7-9-20-15/h5-7,9-10,13,18H,3-4,8,16H2,1-2H3. The molecule has 0 aliphatic heterocycles. The van der Waals surface area contributed by atoms with E-state index in [9.17, 15) is 0 Å². The number of hydrogen-bond acceptors (Lipinski definition) is 5. The average molecular weight is 291 g/mol. The van der Waals surface area contributed by atoms with Crippen LogP contribution in [0.15, 0.2) is 29.8 Å². The van der Waals surface area contributed by atoms with Gasteiger partial charge < -0.3 is 15.8 Å². The van der Waals surface area contributed by atoms with E-state index in [4.69, 9.17) is 10.5 Å². The van der Waals surface area contributed by atoms with E-state index in [0.29, 0.717) is 12.3 Å². The molecular formula is C15H21N3OS. The van der Waals surface area contributed by atoms with Gasteiger partial charge in [-0.25, -0.2) is 4.98 Å². The summed E-state index contributed by atoms with van der Waals surface area (Å²) >= 11 is 1.67. The third-order valence-corrected chi connectivity index (χ3v) is 3.86. The van der Waals surface area contributed by atoms with Crippen molar-refractivity contribution in [3.8, 4) is 5.75 Å². The molecule has 5 heteroatoms. The third-order valence-electron chi connectivity index (χ3n) is 2.97. The van der Waals surface area contributed by atoms with Crippen LogP contribution in [0.2, 0.25) is 0 Å². The highest BCUT2D eigenvalue weighted by Gasteiger charge is 2.12. The highest BCUT2D eigenvalue weighted by Crippen LogP contribution is 2.29. The van der Waals surface area contributed by atoms with Crippen LogP contribution in [0.25, 0.3) is 0 Å². The Morgan fingerprint density at radius 3 is 2.90 bits per heavy atom. The van der Waals surface area contributed by atoms with Crippen molar-refractivity contribution in [2.75, 3.05) is 17.7 Å². The van der Waals surface area contributed by atoms with Crippen LogP contribution in [-0.4, -0.2) is 11.6 Å². The number of ether oxygens (including phenoxy) is 1. The van der Waals surface area contributed by atoms with Crippen molar-refractivity contribution < 1.29 is 4.74 Å². The number of nitrogens with two attached hydrogens (primary N) is 1. The molecule has 0 saturated carbocycles. The molecule has 0 fully saturated rings. The van der Waals surface area contributed by atoms with E-state index in [2.05, 4.69) is 24.1 Å². The molecular weight excluding hydrogens is 270 g/mol. The molecule has 1 heterocycles. The highest BCUT2D eigenvalue weighted by molar-refractivity contribution is 7.09.